The lowest BCUT2D eigenvalue weighted by atomic mass is 9.68. The van der Waals surface area contributed by atoms with E-state index in [0.717, 1.165) is 16.7 Å². The van der Waals surface area contributed by atoms with E-state index < -0.39 is 5.41 Å². The van der Waals surface area contributed by atoms with Gasteiger partial charge in [0.05, 0.1) is 5.41 Å². The Labute approximate surface area is 157 Å². The first-order chi connectivity index (χ1) is 13.1. The number of phenolic OH excluding ortho intramolecular Hbond substituents is 2. The molecule has 0 saturated heterocycles. The zero-order valence-electron chi connectivity index (χ0n) is 15.2. The van der Waals surface area contributed by atoms with E-state index in [2.05, 4.69) is 0 Å². The molecule has 27 heavy (non-hydrogen) atoms. The lowest BCUT2D eigenvalue weighted by molar-refractivity contribution is 0.0983. The largest absolute Gasteiger partial charge is 0.508 e. The molecular weight excluding hydrogens is 340 g/mol. The molecule has 5 rings (SSSR count). The quantitative estimate of drug-likeness (QED) is 0.582. The van der Waals surface area contributed by atoms with Gasteiger partial charge >= 0.3 is 0 Å². The van der Waals surface area contributed by atoms with Crippen LogP contribution >= 0.6 is 0 Å². The van der Waals surface area contributed by atoms with Gasteiger partial charge in [-0.2, -0.15) is 0 Å². The van der Waals surface area contributed by atoms with Gasteiger partial charge in [-0.3, -0.25) is 4.79 Å². The number of hydrogen-bond acceptors (Lipinski definition) is 4. The molecule has 2 N–H and O–H groups in total. The van der Waals surface area contributed by atoms with Gasteiger partial charge in [0.2, 0.25) is 0 Å². The van der Waals surface area contributed by atoms with Crippen LogP contribution in [0.4, 0.5) is 0 Å². The summed E-state index contributed by atoms with van der Waals surface area (Å²) in [5.74, 6) is 1.27. The van der Waals surface area contributed by atoms with Crippen LogP contribution < -0.4 is 4.74 Å². The van der Waals surface area contributed by atoms with Crippen LogP contribution in [-0.4, -0.2) is 16.0 Å². The van der Waals surface area contributed by atoms with E-state index in [4.69, 9.17) is 4.74 Å². The second-order valence-corrected chi connectivity index (χ2v) is 6.51. The van der Waals surface area contributed by atoms with Gasteiger partial charge in [-0.1, -0.05) is 50.2 Å². The summed E-state index contributed by atoms with van der Waals surface area (Å²) in [6, 6.07) is 17.6. The van der Waals surface area contributed by atoms with Crippen molar-refractivity contribution in [2.24, 2.45) is 0 Å². The van der Waals surface area contributed by atoms with Gasteiger partial charge in [-0.25, -0.2) is 0 Å². The van der Waals surface area contributed by atoms with E-state index in [1.807, 2.05) is 50.2 Å². The van der Waals surface area contributed by atoms with Crippen LogP contribution in [0.15, 0.2) is 60.7 Å². The number of rotatable bonds is 0. The number of Topliss-reactive ketones (excluding diaryl/α,β-unsaturated/α-hetero) is 1. The lowest BCUT2D eigenvalue weighted by Gasteiger charge is -2.37. The summed E-state index contributed by atoms with van der Waals surface area (Å²) in [5, 5.41) is 19.7. The van der Waals surface area contributed by atoms with Crippen LogP contribution in [0.5, 0.6) is 23.0 Å². The average Bonchev–Trinajstić information content (AvgIpc) is 2.97. The van der Waals surface area contributed by atoms with Crippen molar-refractivity contribution in [1.82, 2.24) is 0 Å². The molecule has 0 unspecified atom stereocenters. The molecule has 3 aromatic rings. The third-order valence-corrected chi connectivity index (χ3v) is 5.18. The topological polar surface area (TPSA) is 66.8 Å². The number of carbonyl (C=O) groups is 1. The zero-order valence-corrected chi connectivity index (χ0v) is 15.2. The lowest BCUT2D eigenvalue weighted by Crippen LogP contribution is -2.30. The fourth-order valence-electron chi connectivity index (χ4n) is 4.17. The van der Waals surface area contributed by atoms with Crippen LogP contribution in [0.25, 0.3) is 0 Å². The van der Waals surface area contributed by atoms with E-state index >= 15 is 0 Å². The Kier molecular flexibility index (Phi) is 3.92. The smallest absolute Gasteiger partial charge is 0.164 e. The van der Waals surface area contributed by atoms with Gasteiger partial charge in [0.1, 0.15) is 23.0 Å². The molecule has 0 aromatic heterocycles. The Hall–Kier alpha value is -3.27. The maximum atomic E-state index is 12.8. The predicted octanol–water partition coefficient (Wildman–Crippen LogP) is 5.15. The molecule has 0 bridgehead atoms. The Balaban J connectivity index is 0.000000872. The first kappa shape index (κ1) is 17.2. The molecule has 4 nitrogen and oxygen atoms in total. The highest BCUT2D eigenvalue weighted by Gasteiger charge is 2.50. The summed E-state index contributed by atoms with van der Waals surface area (Å²) < 4.78 is 5.94. The number of ketones is 1. The summed E-state index contributed by atoms with van der Waals surface area (Å²) in [7, 11) is 0. The number of hydrogen-bond donors (Lipinski definition) is 2. The number of benzene rings is 3. The van der Waals surface area contributed by atoms with Crippen molar-refractivity contribution in [1.29, 1.82) is 0 Å². The monoisotopic (exact) mass is 360 g/mol. The molecule has 1 spiro atoms. The SMILES string of the molecule is CC.O=C1CC2(c3ccc(O)cc3Oc3cc(O)ccc32)c2ccccc21. The molecule has 0 fully saturated rings. The van der Waals surface area contributed by atoms with Crippen LogP contribution in [0.3, 0.4) is 0 Å². The van der Waals surface area contributed by atoms with Crippen molar-refractivity contribution >= 4 is 5.78 Å². The molecule has 0 radical (unpaired) electrons. The first-order valence-electron chi connectivity index (χ1n) is 9.07. The molecule has 4 heteroatoms. The van der Waals surface area contributed by atoms with Crippen molar-refractivity contribution < 1.29 is 19.7 Å². The highest BCUT2D eigenvalue weighted by molar-refractivity contribution is 6.04. The number of aromatic hydroxyl groups is 2. The van der Waals surface area contributed by atoms with Gasteiger partial charge in [-0.05, 0) is 17.7 Å². The predicted molar refractivity (Wildman–Crippen MR) is 103 cm³/mol. The standard InChI is InChI=1S/C21H14O4.C2H6/c22-12-5-7-16-19(9-12)25-20-10-13(23)6-8-17(20)21(16)11-18(24)14-3-1-2-4-15(14)21;1-2/h1-10,22-23H,11H2;1-2H3. The van der Waals surface area contributed by atoms with Crippen molar-refractivity contribution in [2.75, 3.05) is 0 Å². The normalized spacial score (nSPS) is 15.1. The second-order valence-electron chi connectivity index (χ2n) is 6.51. The van der Waals surface area contributed by atoms with E-state index in [-0.39, 0.29) is 17.3 Å². The Morgan fingerprint density at radius 3 is 1.96 bits per heavy atom. The fourth-order valence-corrected chi connectivity index (χ4v) is 4.17. The van der Waals surface area contributed by atoms with Crippen molar-refractivity contribution in [3.8, 4) is 23.0 Å². The van der Waals surface area contributed by atoms with E-state index in [1.54, 1.807) is 24.3 Å². The maximum Gasteiger partial charge on any atom is 0.164 e. The molecule has 3 aromatic carbocycles. The van der Waals surface area contributed by atoms with E-state index in [9.17, 15) is 15.0 Å². The molecule has 1 aliphatic carbocycles. The minimum absolute atomic E-state index is 0.0792. The molecule has 0 saturated carbocycles. The summed E-state index contributed by atoms with van der Waals surface area (Å²) in [4.78, 5) is 12.8. The molecular formula is C23H20O4. The van der Waals surface area contributed by atoms with Crippen molar-refractivity contribution in [3.05, 3.63) is 82.9 Å². The zero-order chi connectivity index (χ0) is 19.2. The first-order valence-corrected chi connectivity index (χ1v) is 9.07. The fraction of sp³-hybridized carbons (Fsp3) is 0.174. The van der Waals surface area contributed by atoms with E-state index in [1.165, 1.54) is 0 Å². The minimum atomic E-state index is -0.669. The van der Waals surface area contributed by atoms with Crippen LogP contribution in [-0.2, 0) is 5.41 Å². The highest BCUT2D eigenvalue weighted by Crippen LogP contribution is 2.58. The van der Waals surface area contributed by atoms with Gasteiger partial charge in [0.15, 0.2) is 5.78 Å². The average molecular weight is 360 g/mol. The molecule has 1 aliphatic heterocycles. The Morgan fingerprint density at radius 1 is 0.815 bits per heavy atom. The van der Waals surface area contributed by atoms with Crippen molar-refractivity contribution in [3.63, 3.8) is 0 Å². The molecule has 0 atom stereocenters. The second kappa shape index (κ2) is 6.16. The number of phenols is 2. The molecule has 2 aliphatic rings. The van der Waals surface area contributed by atoms with Gasteiger partial charge < -0.3 is 14.9 Å². The summed E-state index contributed by atoms with van der Waals surface area (Å²) in [6.45, 7) is 4.00. The molecule has 1 heterocycles. The third kappa shape index (κ3) is 2.33. The van der Waals surface area contributed by atoms with Crippen LogP contribution in [0.2, 0.25) is 0 Å². The Morgan fingerprint density at radius 2 is 1.37 bits per heavy atom. The van der Waals surface area contributed by atoms with Crippen molar-refractivity contribution in [2.45, 2.75) is 25.7 Å². The Bertz CT molecular complexity index is 1000. The summed E-state index contributed by atoms with van der Waals surface area (Å²) >= 11 is 0. The highest BCUT2D eigenvalue weighted by atomic mass is 16.5. The summed E-state index contributed by atoms with van der Waals surface area (Å²) in [6.07, 6.45) is 0.297. The maximum absolute atomic E-state index is 12.8. The van der Waals surface area contributed by atoms with Crippen LogP contribution in [0.1, 0.15) is 47.3 Å². The number of carbonyl (C=O) groups excluding carboxylic acids is 1. The van der Waals surface area contributed by atoms with Gasteiger partial charge in [0.25, 0.3) is 0 Å². The van der Waals surface area contributed by atoms with Gasteiger partial charge in [-0.15, -0.1) is 0 Å². The molecule has 136 valence electrons. The van der Waals surface area contributed by atoms with Crippen LogP contribution in [0, 0.1) is 0 Å². The van der Waals surface area contributed by atoms with E-state index in [0.29, 0.717) is 23.5 Å². The molecule has 0 amide bonds. The third-order valence-electron chi connectivity index (χ3n) is 5.18. The minimum Gasteiger partial charge on any atom is -0.508 e. The number of ether oxygens (including phenoxy) is 1. The van der Waals surface area contributed by atoms with Gasteiger partial charge in [0, 0.05) is 35.2 Å². The summed E-state index contributed by atoms with van der Waals surface area (Å²) in [5.41, 5.74) is 2.67. The number of fused-ring (bicyclic) bond motifs is 6.